The van der Waals surface area contributed by atoms with Crippen LogP contribution in [0.3, 0.4) is 0 Å². The van der Waals surface area contributed by atoms with Gasteiger partial charge in [-0.2, -0.15) is 5.26 Å². The van der Waals surface area contributed by atoms with Crippen molar-refractivity contribution in [3.05, 3.63) is 65.7 Å². The Bertz CT molecular complexity index is 694. The van der Waals surface area contributed by atoms with Crippen molar-refractivity contribution >= 4 is 12.0 Å². The van der Waals surface area contributed by atoms with E-state index >= 15 is 0 Å². The molecule has 2 aromatic rings. The molecule has 0 aliphatic heterocycles. The van der Waals surface area contributed by atoms with Crippen LogP contribution in [0.15, 0.2) is 54.6 Å². The van der Waals surface area contributed by atoms with Gasteiger partial charge in [0.15, 0.2) is 0 Å². The summed E-state index contributed by atoms with van der Waals surface area (Å²) in [5.74, 6) is -0.351. The molecule has 0 fully saturated rings. The van der Waals surface area contributed by atoms with Crippen LogP contribution in [0.4, 0.5) is 0 Å². The third-order valence-corrected chi connectivity index (χ3v) is 2.97. The maximum absolute atomic E-state index is 11.2. The van der Waals surface area contributed by atoms with E-state index in [-0.39, 0.29) is 5.97 Å². The number of nitrogens with zero attached hydrogens (tertiary/aromatic N) is 1. The number of hydrogen-bond acceptors (Lipinski definition) is 3. The van der Waals surface area contributed by atoms with Crippen LogP contribution in [0.5, 0.6) is 0 Å². The molecule has 0 saturated heterocycles. The Morgan fingerprint density at radius 3 is 2.57 bits per heavy atom. The minimum absolute atomic E-state index is 0.351. The van der Waals surface area contributed by atoms with E-state index < -0.39 is 0 Å². The predicted molar refractivity (Wildman–Crippen MR) is 82.3 cm³/mol. The maximum atomic E-state index is 11.2. The lowest BCUT2D eigenvalue weighted by molar-refractivity contribution is -0.137. The Morgan fingerprint density at radius 1 is 1.19 bits per heavy atom. The van der Waals surface area contributed by atoms with Gasteiger partial charge in [0.05, 0.1) is 18.2 Å². The molecule has 0 heterocycles. The summed E-state index contributed by atoms with van der Waals surface area (Å²) < 4.78 is 4.83. The second-order valence-electron chi connectivity index (χ2n) is 4.36. The first-order chi connectivity index (χ1) is 10.2. The highest BCUT2D eigenvalue weighted by Crippen LogP contribution is 2.23. The van der Waals surface area contributed by atoms with E-state index in [0.717, 1.165) is 16.7 Å². The van der Waals surface area contributed by atoms with Crippen molar-refractivity contribution in [1.82, 2.24) is 0 Å². The van der Waals surface area contributed by atoms with Crippen molar-refractivity contribution in [1.29, 1.82) is 5.26 Å². The molecule has 0 atom stereocenters. The van der Waals surface area contributed by atoms with Gasteiger partial charge in [-0.25, -0.2) is 4.79 Å². The van der Waals surface area contributed by atoms with Crippen LogP contribution in [-0.4, -0.2) is 12.6 Å². The molecule has 2 aromatic carbocycles. The molecular formula is C18H15NO2. The smallest absolute Gasteiger partial charge is 0.330 e. The van der Waals surface area contributed by atoms with Gasteiger partial charge in [0.2, 0.25) is 0 Å². The largest absolute Gasteiger partial charge is 0.463 e. The average molecular weight is 277 g/mol. The normalized spacial score (nSPS) is 10.3. The molecule has 0 radical (unpaired) electrons. The Labute approximate surface area is 124 Å². The number of carbonyl (C=O) groups excluding carboxylic acids is 1. The molecule has 0 amide bonds. The fourth-order valence-corrected chi connectivity index (χ4v) is 1.96. The standard InChI is InChI=1S/C18H15NO2/c1-2-21-18(20)12-9-14-7-10-15(11-8-14)17-6-4-3-5-16(17)13-19/h3-12H,2H2,1H3/b12-9+. The third kappa shape index (κ3) is 3.80. The maximum Gasteiger partial charge on any atom is 0.330 e. The highest BCUT2D eigenvalue weighted by Gasteiger charge is 2.03. The van der Waals surface area contributed by atoms with Gasteiger partial charge in [-0.1, -0.05) is 42.5 Å². The molecule has 0 saturated carbocycles. The van der Waals surface area contributed by atoms with Gasteiger partial charge >= 0.3 is 5.97 Å². The van der Waals surface area contributed by atoms with Crippen molar-refractivity contribution in [2.24, 2.45) is 0 Å². The van der Waals surface area contributed by atoms with Crippen molar-refractivity contribution in [3.8, 4) is 17.2 Å². The second-order valence-corrected chi connectivity index (χ2v) is 4.36. The molecule has 0 aromatic heterocycles. The van der Waals surface area contributed by atoms with Crippen LogP contribution >= 0.6 is 0 Å². The van der Waals surface area contributed by atoms with Crippen molar-refractivity contribution in [3.63, 3.8) is 0 Å². The molecule has 2 rings (SSSR count). The highest BCUT2D eigenvalue weighted by atomic mass is 16.5. The fraction of sp³-hybridized carbons (Fsp3) is 0.111. The van der Waals surface area contributed by atoms with Crippen LogP contribution in [0.25, 0.3) is 17.2 Å². The van der Waals surface area contributed by atoms with Gasteiger partial charge < -0.3 is 4.74 Å². The number of ether oxygens (including phenoxy) is 1. The van der Waals surface area contributed by atoms with Gasteiger partial charge in [0.25, 0.3) is 0 Å². The van der Waals surface area contributed by atoms with E-state index in [0.29, 0.717) is 12.2 Å². The quantitative estimate of drug-likeness (QED) is 0.631. The Balaban J connectivity index is 2.20. The number of rotatable bonds is 4. The van der Waals surface area contributed by atoms with E-state index in [1.165, 1.54) is 6.08 Å². The lowest BCUT2D eigenvalue weighted by Crippen LogP contribution is -1.98. The second kappa shape index (κ2) is 7.06. The topological polar surface area (TPSA) is 50.1 Å². The summed E-state index contributed by atoms with van der Waals surface area (Å²) >= 11 is 0. The van der Waals surface area contributed by atoms with Gasteiger partial charge in [-0.3, -0.25) is 0 Å². The lowest BCUT2D eigenvalue weighted by Gasteiger charge is -2.04. The number of carbonyl (C=O) groups is 1. The number of esters is 1. The summed E-state index contributed by atoms with van der Waals surface area (Å²) in [4.78, 5) is 11.2. The fourth-order valence-electron chi connectivity index (χ4n) is 1.96. The highest BCUT2D eigenvalue weighted by molar-refractivity contribution is 5.87. The minimum atomic E-state index is -0.351. The Morgan fingerprint density at radius 2 is 1.90 bits per heavy atom. The summed E-state index contributed by atoms with van der Waals surface area (Å²) in [6.07, 6.45) is 3.11. The first-order valence-electron chi connectivity index (χ1n) is 6.69. The molecule has 0 aliphatic rings. The van der Waals surface area contributed by atoms with E-state index in [2.05, 4.69) is 6.07 Å². The first kappa shape index (κ1) is 14.5. The molecular weight excluding hydrogens is 262 g/mol. The van der Waals surface area contributed by atoms with Gasteiger partial charge in [-0.05, 0) is 35.8 Å². The molecule has 104 valence electrons. The van der Waals surface area contributed by atoms with Crippen LogP contribution in [-0.2, 0) is 9.53 Å². The molecule has 0 unspecified atom stereocenters. The molecule has 0 spiro atoms. The van der Waals surface area contributed by atoms with Crippen molar-refractivity contribution in [2.45, 2.75) is 6.92 Å². The van der Waals surface area contributed by atoms with E-state index in [1.807, 2.05) is 42.5 Å². The molecule has 0 aliphatic carbocycles. The first-order valence-corrected chi connectivity index (χ1v) is 6.69. The Kier molecular flexibility index (Phi) is 4.89. The molecule has 0 N–H and O–H groups in total. The third-order valence-electron chi connectivity index (χ3n) is 2.97. The zero-order valence-electron chi connectivity index (χ0n) is 11.7. The molecule has 3 heteroatoms. The van der Waals surface area contributed by atoms with Crippen LogP contribution in [0.2, 0.25) is 0 Å². The SMILES string of the molecule is CCOC(=O)/C=C/c1ccc(-c2ccccc2C#N)cc1. The summed E-state index contributed by atoms with van der Waals surface area (Å²) in [5, 5.41) is 9.12. The zero-order valence-corrected chi connectivity index (χ0v) is 11.7. The number of hydrogen-bond donors (Lipinski definition) is 0. The van der Waals surface area contributed by atoms with Gasteiger partial charge in [0, 0.05) is 6.08 Å². The summed E-state index contributed by atoms with van der Waals surface area (Å²) in [6.45, 7) is 2.14. The van der Waals surface area contributed by atoms with Gasteiger partial charge in [0.1, 0.15) is 0 Å². The Hall–Kier alpha value is -2.86. The van der Waals surface area contributed by atoms with Crippen LogP contribution < -0.4 is 0 Å². The number of benzene rings is 2. The summed E-state index contributed by atoms with van der Waals surface area (Å²) in [7, 11) is 0. The van der Waals surface area contributed by atoms with Crippen LogP contribution in [0.1, 0.15) is 18.1 Å². The van der Waals surface area contributed by atoms with Gasteiger partial charge in [-0.15, -0.1) is 0 Å². The van der Waals surface area contributed by atoms with E-state index in [9.17, 15) is 4.79 Å². The van der Waals surface area contributed by atoms with E-state index in [1.54, 1.807) is 19.1 Å². The molecule has 3 nitrogen and oxygen atoms in total. The number of nitriles is 1. The lowest BCUT2D eigenvalue weighted by atomic mass is 9.99. The summed E-state index contributed by atoms with van der Waals surface area (Å²) in [5.41, 5.74) is 3.43. The van der Waals surface area contributed by atoms with Crippen molar-refractivity contribution in [2.75, 3.05) is 6.61 Å². The van der Waals surface area contributed by atoms with Crippen LogP contribution in [0, 0.1) is 11.3 Å². The average Bonchev–Trinajstić information content (AvgIpc) is 2.54. The van der Waals surface area contributed by atoms with Crippen molar-refractivity contribution < 1.29 is 9.53 Å². The minimum Gasteiger partial charge on any atom is -0.463 e. The van der Waals surface area contributed by atoms with E-state index in [4.69, 9.17) is 10.00 Å². The zero-order chi connectivity index (χ0) is 15.1. The molecule has 21 heavy (non-hydrogen) atoms. The predicted octanol–water partition coefficient (Wildman–Crippen LogP) is 3.80. The monoisotopic (exact) mass is 277 g/mol. The summed E-state index contributed by atoms with van der Waals surface area (Å²) in [6, 6.07) is 17.3. The molecule has 0 bridgehead atoms.